The summed E-state index contributed by atoms with van der Waals surface area (Å²) >= 11 is 0. The number of ether oxygens (including phenoxy) is 2. The van der Waals surface area contributed by atoms with E-state index in [1.807, 2.05) is 0 Å². The Morgan fingerprint density at radius 2 is 2.30 bits per heavy atom. The van der Waals surface area contributed by atoms with E-state index in [9.17, 15) is 28.3 Å². The van der Waals surface area contributed by atoms with Crippen molar-refractivity contribution in [3.8, 4) is 6.07 Å². The fourth-order valence-corrected chi connectivity index (χ4v) is 3.41. The number of anilines is 1. The van der Waals surface area contributed by atoms with Gasteiger partial charge in [0.15, 0.2) is 0 Å². The van der Waals surface area contributed by atoms with Gasteiger partial charge in [0.1, 0.15) is 12.2 Å². The van der Waals surface area contributed by atoms with Gasteiger partial charge in [-0.25, -0.2) is 9.50 Å². The molecule has 3 rings (SSSR count). The van der Waals surface area contributed by atoms with Crippen LogP contribution in [0.5, 0.6) is 0 Å². The van der Waals surface area contributed by atoms with Gasteiger partial charge in [-0.2, -0.15) is 18.4 Å². The number of hydrogen-bond acceptors (Lipinski definition) is 8. The highest BCUT2D eigenvalue weighted by Gasteiger charge is 2.41. The minimum Gasteiger partial charge on any atom is -0.458 e. The molecular weight excluding hydrogens is 407 g/mol. The number of halogens is 3. The highest BCUT2D eigenvalue weighted by Crippen LogP contribution is 2.38. The molecule has 1 aliphatic heterocycles. The zero-order valence-electron chi connectivity index (χ0n) is 16.2. The van der Waals surface area contributed by atoms with E-state index in [1.165, 1.54) is 13.1 Å². The van der Waals surface area contributed by atoms with Gasteiger partial charge in [0, 0.05) is 19.1 Å². The maximum atomic E-state index is 13.4. The molecule has 1 unspecified atom stereocenters. The van der Waals surface area contributed by atoms with Crippen molar-refractivity contribution in [3.63, 3.8) is 0 Å². The first-order valence-electron chi connectivity index (χ1n) is 9.17. The van der Waals surface area contributed by atoms with Crippen LogP contribution in [0.15, 0.2) is 6.20 Å². The molecule has 9 nitrogen and oxygen atoms in total. The van der Waals surface area contributed by atoms with E-state index in [4.69, 9.17) is 9.47 Å². The van der Waals surface area contributed by atoms with Crippen molar-refractivity contribution >= 4 is 17.4 Å². The number of nitriles is 1. The number of alkyl halides is 3. The van der Waals surface area contributed by atoms with Crippen molar-refractivity contribution in [3.05, 3.63) is 23.0 Å². The fraction of sp³-hybridized carbons (Fsp3) is 0.556. The van der Waals surface area contributed by atoms with Gasteiger partial charge < -0.3 is 19.9 Å². The van der Waals surface area contributed by atoms with Gasteiger partial charge in [-0.1, -0.05) is 0 Å². The van der Waals surface area contributed by atoms with Crippen molar-refractivity contribution in [1.82, 2.24) is 14.6 Å². The van der Waals surface area contributed by atoms with E-state index in [-0.39, 0.29) is 34.9 Å². The number of fused-ring (bicyclic) bond motifs is 1. The minimum atomic E-state index is -4.62. The second kappa shape index (κ2) is 8.45. The monoisotopic (exact) mass is 427 g/mol. The first kappa shape index (κ1) is 21.8. The zero-order chi connectivity index (χ0) is 22.1. The lowest BCUT2D eigenvalue weighted by atomic mass is 10.0. The summed E-state index contributed by atoms with van der Waals surface area (Å²) in [6.07, 6.45) is -3.53. The molecule has 12 heteroatoms. The van der Waals surface area contributed by atoms with E-state index in [1.54, 1.807) is 6.07 Å². The van der Waals surface area contributed by atoms with Crippen LogP contribution in [0.1, 0.15) is 43.0 Å². The molecule has 2 aromatic heterocycles. The summed E-state index contributed by atoms with van der Waals surface area (Å²) in [6.45, 7) is 2.10. The van der Waals surface area contributed by atoms with Crippen LogP contribution in [0.4, 0.5) is 19.1 Å². The summed E-state index contributed by atoms with van der Waals surface area (Å²) in [5.41, 5.74) is -0.524. The molecular formula is C18H20F3N5O4. The predicted molar refractivity (Wildman–Crippen MR) is 96.5 cm³/mol. The average molecular weight is 427 g/mol. The van der Waals surface area contributed by atoms with Crippen LogP contribution in [0, 0.1) is 11.3 Å². The molecule has 3 heterocycles. The number of carbonyl (C=O) groups is 1. The van der Waals surface area contributed by atoms with Crippen LogP contribution < -0.4 is 5.32 Å². The van der Waals surface area contributed by atoms with Crippen LogP contribution in [-0.4, -0.2) is 57.2 Å². The molecule has 30 heavy (non-hydrogen) atoms. The maximum absolute atomic E-state index is 13.4. The molecule has 1 aliphatic rings. The topological polar surface area (TPSA) is 122 Å². The second-order valence-corrected chi connectivity index (χ2v) is 6.91. The Balaban J connectivity index is 2.04. The molecule has 1 fully saturated rings. The van der Waals surface area contributed by atoms with Gasteiger partial charge in [-0.05, 0) is 13.3 Å². The summed E-state index contributed by atoms with van der Waals surface area (Å²) in [7, 11) is 0. The van der Waals surface area contributed by atoms with Gasteiger partial charge in [-0.3, -0.25) is 4.79 Å². The maximum Gasteiger partial charge on any atom is 0.397 e. The Morgan fingerprint density at radius 3 is 2.90 bits per heavy atom. The predicted octanol–water partition coefficient (Wildman–Crippen LogP) is 1.89. The molecule has 0 amide bonds. The van der Waals surface area contributed by atoms with Crippen molar-refractivity contribution in [2.75, 3.05) is 18.5 Å². The molecule has 0 saturated carbocycles. The van der Waals surface area contributed by atoms with E-state index in [2.05, 4.69) is 15.4 Å². The normalized spacial score (nSPS) is 20.6. The number of aliphatic hydroxyl groups excluding tert-OH is 1. The standard InChI is InChI=1S/C18H20F3N5O4/c1-9(18(19,20)21)16-11(5-22)12(7-27)14-6-23-17(25-26(14)16)24-13-3-4-29-8-15(13)30-10(2)28/h6,9,13,15,27H,3-4,7-8H2,1-2H3,(H,24,25)/t9?,13-,15-/m1/s1. The lowest BCUT2D eigenvalue weighted by molar-refractivity contribution is -0.153. The first-order valence-corrected chi connectivity index (χ1v) is 9.17. The molecule has 0 aromatic carbocycles. The van der Waals surface area contributed by atoms with E-state index >= 15 is 0 Å². The third-order valence-corrected chi connectivity index (χ3v) is 4.93. The van der Waals surface area contributed by atoms with Crippen LogP contribution in [0.3, 0.4) is 0 Å². The molecule has 0 bridgehead atoms. The van der Waals surface area contributed by atoms with Crippen molar-refractivity contribution in [1.29, 1.82) is 5.26 Å². The Hall–Kier alpha value is -2.91. The number of aliphatic hydroxyl groups is 1. The van der Waals surface area contributed by atoms with Crippen molar-refractivity contribution < 1.29 is 32.5 Å². The lowest BCUT2D eigenvalue weighted by Gasteiger charge is -2.31. The molecule has 162 valence electrons. The van der Waals surface area contributed by atoms with E-state index in [0.29, 0.717) is 13.0 Å². The number of esters is 1. The SMILES string of the molecule is CC(=O)O[C@@H]1COCC[C@H]1Nc1ncc2c(CO)c(C#N)c(C(C)C(F)(F)F)n2n1. The Morgan fingerprint density at radius 1 is 1.57 bits per heavy atom. The molecule has 0 spiro atoms. The number of nitrogens with zero attached hydrogens (tertiary/aromatic N) is 4. The molecule has 3 atom stereocenters. The molecule has 2 aromatic rings. The van der Waals surface area contributed by atoms with Gasteiger partial charge in [0.05, 0.1) is 48.1 Å². The van der Waals surface area contributed by atoms with Crippen LogP contribution in [-0.2, 0) is 20.9 Å². The van der Waals surface area contributed by atoms with Gasteiger partial charge in [0.25, 0.3) is 0 Å². The quantitative estimate of drug-likeness (QED) is 0.694. The molecule has 0 aliphatic carbocycles. The summed E-state index contributed by atoms with van der Waals surface area (Å²) in [4.78, 5) is 15.4. The van der Waals surface area contributed by atoms with Gasteiger partial charge in [-0.15, -0.1) is 5.10 Å². The number of carbonyl (C=O) groups excluding carboxylic acids is 1. The second-order valence-electron chi connectivity index (χ2n) is 6.91. The van der Waals surface area contributed by atoms with Crippen LogP contribution in [0.2, 0.25) is 0 Å². The number of hydrogen-bond donors (Lipinski definition) is 2. The largest absolute Gasteiger partial charge is 0.458 e. The zero-order valence-corrected chi connectivity index (χ0v) is 16.2. The molecule has 1 saturated heterocycles. The minimum absolute atomic E-state index is 0.00819. The summed E-state index contributed by atoms with van der Waals surface area (Å²) in [6, 6.07) is 1.33. The molecule has 2 N–H and O–H groups in total. The van der Waals surface area contributed by atoms with E-state index < -0.39 is 36.8 Å². The number of rotatable bonds is 5. The Labute approximate surface area is 169 Å². The fourth-order valence-electron chi connectivity index (χ4n) is 3.41. The first-order chi connectivity index (χ1) is 14.2. The smallest absolute Gasteiger partial charge is 0.397 e. The Kier molecular flexibility index (Phi) is 6.14. The number of nitrogens with one attached hydrogen (secondary N) is 1. The highest BCUT2D eigenvalue weighted by atomic mass is 19.4. The van der Waals surface area contributed by atoms with Gasteiger partial charge in [0.2, 0.25) is 5.95 Å². The van der Waals surface area contributed by atoms with Crippen molar-refractivity contribution in [2.24, 2.45) is 0 Å². The summed E-state index contributed by atoms with van der Waals surface area (Å²) in [5.74, 6) is -2.50. The van der Waals surface area contributed by atoms with Crippen molar-refractivity contribution in [2.45, 2.75) is 51.1 Å². The molecule has 0 radical (unpaired) electrons. The lowest BCUT2D eigenvalue weighted by Crippen LogP contribution is -2.44. The summed E-state index contributed by atoms with van der Waals surface area (Å²) in [5, 5.41) is 26.2. The third kappa shape index (κ3) is 4.17. The third-order valence-electron chi connectivity index (χ3n) is 4.93. The average Bonchev–Trinajstić information content (AvgIpc) is 3.00. The van der Waals surface area contributed by atoms with Crippen LogP contribution >= 0.6 is 0 Å². The van der Waals surface area contributed by atoms with Gasteiger partial charge >= 0.3 is 12.1 Å². The Bertz CT molecular complexity index is 985. The van der Waals surface area contributed by atoms with Crippen LogP contribution in [0.25, 0.3) is 5.52 Å². The highest BCUT2D eigenvalue weighted by molar-refractivity contribution is 5.66. The number of aromatic nitrogens is 3. The summed E-state index contributed by atoms with van der Waals surface area (Å²) < 4.78 is 51.8. The van der Waals surface area contributed by atoms with E-state index in [0.717, 1.165) is 11.4 Å².